The molecule has 50 valence electrons. The number of rotatable bonds is 1. The average Bonchev–Trinajstić information content (AvgIpc) is 2.13. The number of hydrogen-bond donors (Lipinski definition) is 0. The fourth-order valence-electron chi connectivity index (χ4n) is 0.807. The molecular weight excluding hydrogens is 216 g/mol. The summed E-state index contributed by atoms with van der Waals surface area (Å²) in [4.78, 5) is 5.41. The van der Waals surface area contributed by atoms with E-state index in [1.807, 2.05) is 0 Å². The molecule has 1 aromatic rings. The van der Waals surface area contributed by atoms with Gasteiger partial charge in [-0.2, -0.15) is 0 Å². The number of aromatic nitrogens is 1. The Labute approximate surface area is 115 Å². The largest absolute Gasteiger partial charge is 1.00 e. The van der Waals surface area contributed by atoms with Crippen molar-refractivity contribution in [2.24, 2.45) is 0 Å². The number of aryl methyl sites for hydroxylation is 1. The predicted octanol–water partition coefficient (Wildman–Crippen LogP) is -0.621. The molecule has 0 atom stereocenters. The fraction of sp³-hybridized carbons (Fsp3) is 0.571. The molecule has 0 aliphatic heterocycles. The summed E-state index contributed by atoms with van der Waals surface area (Å²) in [6, 6.07) is 0. The van der Waals surface area contributed by atoms with Gasteiger partial charge < -0.3 is 4.98 Å². The van der Waals surface area contributed by atoms with Crippen LogP contribution in [0.3, 0.4) is 0 Å². The van der Waals surface area contributed by atoms with Gasteiger partial charge in [0.1, 0.15) is 0 Å². The van der Waals surface area contributed by atoms with Gasteiger partial charge in [0.15, 0.2) is 0 Å². The van der Waals surface area contributed by atoms with Crippen molar-refractivity contribution in [2.45, 2.75) is 26.7 Å². The van der Waals surface area contributed by atoms with E-state index in [2.05, 4.69) is 31.3 Å². The fourth-order valence-corrected chi connectivity index (χ4v) is 1.47. The van der Waals surface area contributed by atoms with Crippen LogP contribution >= 0.6 is 11.3 Å². The van der Waals surface area contributed by atoms with Crippen LogP contribution in [0, 0.1) is 12.4 Å². The van der Waals surface area contributed by atoms with E-state index in [4.69, 9.17) is 0 Å². The normalized spacial score (nSPS) is 9.60. The molecule has 0 aliphatic rings. The van der Waals surface area contributed by atoms with Gasteiger partial charge in [-0.05, 0) is 5.51 Å². The molecule has 0 aliphatic carbocycles. The van der Waals surface area contributed by atoms with Gasteiger partial charge in [0.25, 0.3) is 0 Å². The Hall–Kier alpha value is 1.44. The second-order valence-corrected chi connectivity index (χ2v) is 3.40. The second kappa shape index (κ2) is 5.15. The van der Waals surface area contributed by atoms with E-state index in [-0.39, 0.29) is 58.2 Å². The van der Waals surface area contributed by atoms with Crippen LogP contribution in [0.15, 0.2) is 0 Å². The molecule has 0 amide bonds. The molecular formula is C7H10NRbS. The average molecular weight is 226 g/mol. The molecule has 1 nitrogen and oxygen atoms in total. The minimum Gasteiger partial charge on any atom is -0.390 e. The summed E-state index contributed by atoms with van der Waals surface area (Å²) in [7, 11) is 0. The first-order valence-electron chi connectivity index (χ1n) is 3.05. The minimum absolute atomic E-state index is 0. The van der Waals surface area contributed by atoms with Crippen LogP contribution in [-0.2, 0) is 0 Å². The van der Waals surface area contributed by atoms with Crippen molar-refractivity contribution in [3.8, 4) is 0 Å². The summed E-state index contributed by atoms with van der Waals surface area (Å²) >= 11 is 1.60. The van der Waals surface area contributed by atoms with Gasteiger partial charge in [-0.3, -0.25) is 11.3 Å². The molecule has 3 heteroatoms. The Bertz CT molecular complexity index is 195. The van der Waals surface area contributed by atoms with E-state index < -0.39 is 0 Å². The van der Waals surface area contributed by atoms with Crippen molar-refractivity contribution in [3.63, 3.8) is 0 Å². The predicted molar refractivity (Wildman–Crippen MR) is 39.8 cm³/mol. The van der Waals surface area contributed by atoms with E-state index in [0.717, 1.165) is 0 Å². The van der Waals surface area contributed by atoms with Gasteiger partial charge in [0.05, 0.1) is 0 Å². The van der Waals surface area contributed by atoms with Crippen molar-refractivity contribution in [2.75, 3.05) is 0 Å². The SMILES string of the molecule is Cc1s[c-]nc1C(C)C.[Rb+]. The summed E-state index contributed by atoms with van der Waals surface area (Å²) < 4.78 is 0. The van der Waals surface area contributed by atoms with Crippen LogP contribution in [0.1, 0.15) is 30.3 Å². The molecule has 0 N–H and O–H groups in total. The topological polar surface area (TPSA) is 12.9 Å². The number of hydrogen-bond acceptors (Lipinski definition) is 2. The first-order valence-corrected chi connectivity index (χ1v) is 3.87. The Kier molecular flexibility index (Phi) is 5.89. The molecule has 0 saturated heterocycles. The van der Waals surface area contributed by atoms with Crippen molar-refractivity contribution in [1.82, 2.24) is 4.98 Å². The standard InChI is InChI=1S/C7H10NS.Rb/c1-5(2)7-6(3)9-4-8-7;/h5H,1-3H3;/q-1;+1. The van der Waals surface area contributed by atoms with Crippen LogP contribution in [0.25, 0.3) is 0 Å². The van der Waals surface area contributed by atoms with Crippen LogP contribution in [0.4, 0.5) is 0 Å². The molecule has 0 fully saturated rings. The summed E-state index contributed by atoms with van der Waals surface area (Å²) in [5.41, 5.74) is 4.07. The quantitative estimate of drug-likeness (QED) is 0.581. The Balaban J connectivity index is 0.000000810. The van der Waals surface area contributed by atoms with Crippen LogP contribution in [-0.4, -0.2) is 4.98 Å². The van der Waals surface area contributed by atoms with E-state index in [1.165, 1.54) is 10.6 Å². The number of nitrogens with zero attached hydrogens (tertiary/aromatic N) is 1. The number of thiazole rings is 1. The molecule has 1 aromatic heterocycles. The van der Waals surface area contributed by atoms with E-state index in [0.29, 0.717) is 5.92 Å². The Morgan fingerprint density at radius 2 is 2.10 bits per heavy atom. The minimum atomic E-state index is 0. The molecule has 0 saturated carbocycles. The smallest absolute Gasteiger partial charge is 0.390 e. The first kappa shape index (κ1) is 11.4. The Morgan fingerprint density at radius 1 is 1.50 bits per heavy atom. The van der Waals surface area contributed by atoms with Gasteiger partial charge in [0, 0.05) is 0 Å². The van der Waals surface area contributed by atoms with E-state index in [9.17, 15) is 0 Å². The van der Waals surface area contributed by atoms with Gasteiger partial charge in [-0.15, -0.1) is 4.88 Å². The molecule has 0 aromatic carbocycles. The third-order valence-corrected chi connectivity index (χ3v) is 1.97. The zero-order chi connectivity index (χ0) is 6.85. The van der Waals surface area contributed by atoms with Gasteiger partial charge in [-0.1, -0.05) is 32.4 Å². The molecule has 10 heavy (non-hydrogen) atoms. The third kappa shape index (κ3) is 2.82. The molecule has 0 spiro atoms. The van der Waals surface area contributed by atoms with Crippen molar-refractivity contribution in [3.05, 3.63) is 16.1 Å². The zero-order valence-electron chi connectivity index (χ0n) is 6.93. The molecule has 0 bridgehead atoms. The molecule has 1 rings (SSSR count). The maximum absolute atomic E-state index is 4.11. The Morgan fingerprint density at radius 3 is 2.30 bits per heavy atom. The monoisotopic (exact) mass is 225 g/mol. The van der Waals surface area contributed by atoms with Gasteiger partial charge >= 0.3 is 58.2 Å². The molecule has 1 heterocycles. The van der Waals surface area contributed by atoms with E-state index >= 15 is 0 Å². The van der Waals surface area contributed by atoms with Crippen molar-refractivity contribution in [1.29, 1.82) is 0 Å². The zero-order valence-corrected chi connectivity index (χ0v) is 12.7. The first-order chi connectivity index (χ1) is 4.22. The van der Waals surface area contributed by atoms with Crippen LogP contribution < -0.4 is 58.2 Å². The maximum atomic E-state index is 4.11. The third-order valence-electron chi connectivity index (χ3n) is 1.27. The second-order valence-electron chi connectivity index (χ2n) is 2.40. The summed E-state index contributed by atoms with van der Waals surface area (Å²) in [5.74, 6) is 0.549. The van der Waals surface area contributed by atoms with Crippen molar-refractivity contribution >= 4 is 11.3 Å². The van der Waals surface area contributed by atoms with Crippen LogP contribution in [0.2, 0.25) is 0 Å². The summed E-state index contributed by atoms with van der Waals surface area (Å²) in [6.07, 6.45) is 0. The van der Waals surface area contributed by atoms with Crippen molar-refractivity contribution < 1.29 is 58.2 Å². The molecule has 0 unspecified atom stereocenters. The van der Waals surface area contributed by atoms with Gasteiger partial charge in [-0.25, -0.2) is 0 Å². The van der Waals surface area contributed by atoms with Gasteiger partial charge in [0.2, 0.25) is 0 Å². The van der Waals surface area contributed by atoms with E-state index in [1.54, 1.807) is 11.3 Å². The summed E-state index contributed by atoms with van der Waals surface area (Å²) in [6.45, 7) is 6.38. The van der Waals surface area contributed by atoms with Crippen LogP contribution in [0.5, 0.6) is 0 Å². The maximum Gasteiger partial charge on any atom is 1.00 e. The molecule has 0 radical (unpaired) electrons. The summed E-state index contributed by atoms with van der Waals surface area (Å²) in [5, 5.41) is 0.